The SMILES string of the molecule is CCCc1ccc2[nH]c3c(c2c1)CCN(C(=O)Oc1ccc(C)cc1)C3c1ccc(OCCCn2cncn2)c(OC)c1. The molecule has 5 aromatic rings. The molecule has 0 fully saturated rings. The largest absolute Gasteiger partial charge is 0.493 e. The molecule has 0 spiro atoms. The number of carbonyl (C=O) groups is 1. The molecule has 0 saturated heterocycles. The lowest BCUT2D eigenvalue weighted by atomic mass is 9.92. The van der Waals surface area contributed by atoms with Crippen LogP contribution in [0.25, 0.3) is 10.9 Å². The molecule has 9 nitrogen and oxygen atoms in total. The van der Waals surface area contributed by atoms with Crippen molar-refractivity contribution in [2.45, 2.75) is 52.1 Å². The fraction of sp³-hybridized carbons (Fsp3) is 0.324. The number of benzene rings is 3. The topological polar surface area (TPSA) is 94.5 Å². The molecule has 1 unspecified atom stereocenters. The summed E-state index contributed by atoms with van der Waals surface area (Å²) < 4.78 is 19.5. The van der Waals surface area contributed by atoms with E-state index < -0.39 is 6.09 Å². The van der Waals surface area contributed by atoms with Crippen molar-refractivity contribution in [3.63, 3.8) is 0 Å². The third-order valence-corrected chi connectivity index (χ3v) is 7.95. The van der Waals surface area contributed by atoms with Crippen molar-refractivity contribution in [3.8, 4) is 17.2 Å². The number of ether oxygens (including phenoxy) is 3. The van der Waals surface area contributed by atoms with E-state index in [1.54, 1.807) is 23.0 Å². The average molecular weight is 580 g/mol. The number of nitrogens with zero attached hydrogens (tertiary/aromatic N) is 4. The van der Waals surface area contributed by atoms with Gasteiger partial charge in [0.2, 0.25) is 0 Å². The molecule has 0 radical (unpaired) electrons. The first-order valence-electron chi connectivity index (χ1n) is 14.9. The van der Waals surface area contributed by atoms with Crippen LogP contribution < -0.4 is 14.2 Å². The van der Waals surface area contributed by atoms with Gasteiger partial charge in [0.1, 0.15) is 24.4 Å². The molecule has 1 aliphatic rings. The highest BCUT2D eigenvalue weighted by Gasteiger charge is 2.36. The number of carbonyl (C=O) groups excluding carboxylic acids is 1. The number of hydrogen-bond donors (Lipinski definition) is 1. The fourth-order valence-electron chi connectivity index (χ4n) is 5.82. The van der Waals surface area contributed by atoms with Crippen LogP contribution in [0.1, 0.15) is 53.8 Å². The number of methoxy groups -OCH3 is 1. The van der Waals surface area contributed by atoms with Crippen molar-refractivity contribution in [1.82, 2.24) is 24.6 Å². The van der Waals surface area contributed by atoms with Crippen molar-refractivity contribution < 1.29 is 19.0 Å². The molecule has 0 aliphatic carbocycles. The maximum absolute atomic E-state index is 13.7. The summed E-state index contributed by atoms with van der Waals surface area (Å²) in [6.45, 7) is 5.94. The van der Waals surface area contributed by atoms with Gasteiger partial charge in [0.05, 0.1) is 13.7 Å². The zero-order valence-corrected chi connectivity index (χ0v) is 24.9. The lowest BCUT2D eigenvalue weighted by Gasteiger charge is -2.35. The van der Waals surface area contributed by atoms with Crippen molar-refractivity contribution in [2.24, 2.45) is 0 Å². The molecule has 6 rings (SSSR count). The first-order chi connectivity index (χ1) is 21.0. The number of H-pyrrole nitrogens is 1. The minimum atomic E-state index is -0.391. The van der Waals surface area contributed by atoms with Gasteiger partial charge in [0.25, 0.3) is 0 Å². The summed E-state index contributed by atoms with van der Waals surface area (Å²) in [4.78, 5) is 23.2. The highest BCUT2D eigenvalue weighted by atomic mass is 16.6. The number of aryl methyl sites for hydroxylation is 3. The number of nitrogens with one attached hydrogen (secondary N) is 1. The van der Waals surface area contributed by atoms with Crippen LogP contribution in [-0.4, -0.2) is 51.0 Å². The third kappa shape index (κ3) is 6.07. The Kier molecular flexibility index (Phi) is 8.31. The van der Waals surface area contributed by atoms with Gasteiger partial charge in [-0.1, -0.05) is 43.2 Å². The molecular weight excluding hydrogens is 542 g/mol. The monoisotopic (exact) mass is 579 g/mol. The summed E-state index contributed by atoms with van der Waals surface area (Å²) in [7, 11) is 1.63. The zero-order chi connectivity index (χ0) is 29.8. The van der Waals surface area contributed by atoms with Crippen molar-refractivity contribution >= 4 is 17.0 Å². The minimum Gasteiger partial charge on any atom is -0.493 e. The summed E-state index contributed by atoms with van der Waals surface area (Å²) in [5.74, 6) is 1.78. The summed E-state index contributed by atoms with van der Waals surface area (Å²) >= 11 is 0. The molecule has 222 valence electrons. The Hall–Kier alpha value is -4.79. The number of aromatic nitrogens is 4. The first kappa shape index (κ1) is 28.3. The second kappa shape index (κ2) is 12.6. The van der Waals surface area contributed by atoms with E-state index in [0.717, 1.165) is 48.0 Å². The highest BCUT2D eigenvalue weighted by molar-refractivity contribution is 5.87. The van der Waals surface area contributed by atoms with E-state index in [9.17, 15) is 4.79 Å². The molecule has 1 aliphatic heterocycles. The fourth-order valence-corrected chi connectivity index (χ4v) is 5.82. The summed E-state index contributed by atoms with van der Waals surface area (Å²) in [5.41, 5.74) is 6.65. The second-order valence-electron chi connectivity index (χ2n) is 10.9. The quantitative estimate of drug-likeness (QED) is 0.186. The van der Waals surface area contributed by atoms with Crippen LogP contribution in [0.3, 0.4) is 0 Å². The molecule has 1 N–H and O–H groups in total. The lowest BCUT2D eigenvalue weighted by Crippen LogP contribution is -2.42. The summed E-state index contributed by atoms with van der Waals surface area (Å²) in [5, 5.41) is 5.36. The lowest BCUT2D eigenvalue weighted by molar-refractivity contribution is 0.135. The Balaban J connectivity index is 1.32. The molecule has 0 bridgehead atoms. The van der Waals surface area contributed by atoms with Crippen LogP contribution in [0, 0.1) is 6.92 Å². The zero-order valence-electron chi connectivity index (χ0n) is 24.9. The van der Waals surface area contributed by atoms with E-state index in [1.165, 1.54) is 22.8 Å². The van der Waals surface area contributed by atoms with Gasteiger partial charge in [0, 0.05) is 36.1 Å². The molecule has 0 saturated carbocycles. The number of aromatic amines is 1. The Labute approximate surface area is 251 Å². The standard InChI is InChI=1S/C34H37N5O4/c1-4-6-24-9-13-29-28(19-24)27-15-17-39(34(40)43-26-11-7-23(2)8-12-26)33(32(27)37-29)25-10-14-30(31(20-25)41-3)42-18-5-16-38-22-35-21-36-38/h7-14,19-22,33,37H,4-6,15-18H2,1-3H3. The van der Waals surface area contributed by atoms with Gasteiger partial charge in [0.15, 0.2) is 11.5 Å². The Bertz CT molecular complexity index is 1690. The van der Waals surface area contributed by atoms with Crippen molar-refractivity contribution in [3.05, 3.63) is 101 Å². The molecular formula is C34H37N5O4. The molecule has 2 aromatic heterocycles. The van der Waals surface area contributed by atoms with E-state index in [4.69, 9.17) is 14.2 Å². The molecule has 43 heavy (non-hydrogen) atoms. The van der Waals surface area contributed by atoms with Crippen LogP contribution in [0.2, 0.25) is 0 Å². The van der Waals surface area contributed by atoms with E-state index in [-0.39, 0.29) is 6.04 Å². The smallest absolute Gasteiger partial charge is 0.416 e. The van der Waals surface area contributed by atoms with Crippen molar-refractivity contribution in [1.29, 1.82) is 0 Å². The van der Waals surface area contributed by atoms with E-state index >= 15 is 0 Å². The maximum atomic E-state index is 13.7. The van der Waals surface area contributed by atoms with Gasteiger partial charge in [-0.2, -0.15) is 5.10 Å². The van der Waals surface area contributed by atoms with Gasteiger partial charge < -0.3 is 19.2 Å². The van der Waals surface area contributed by atoms with Gasteiger partial charge in [-0.05, 0) is 72.9 Å². The molecule has 9 heteroatoms. The normalized spacial score (nSPS) is 14.5. The number of hydrogen-bond acceptors (Lipinski definition) is 6. The predicted octanol–water partition coefficient (Wildman–Crippen LogP) is 6.64. The van der Waals surface area contributed by atoms with Gasteiger partial charge in [-0.15, -0.1) is 0 Å². The first-order valence-corrected chi connectivity index (χ1v) is 14.9. The highest BCUT2D eigenvalue weighted by Crippen LogP contribution is 2.41. The summed E-state index contributed by atoms with van der Waals surface area (Å²) in [6, 6.07) is 19.7. The molecule has 3 aromatic carbocycles. The molecule has 3 heterocycles. The van der Waals surface area contributed by atoms with Crippen LogP contribution in [0.15, 0.2) is 73.3 Å². The third-order valence-electron chi connectivity index (χ3n) is 7.95. The minimum absolute atomic E-state index is 0.390. The number of fused-ring (bicyclic) bond motifs is 3. The van der Waals surface area contributed by atoms with Crippen LogP contribution >= 0.6 is 0 Å². The Morgan fingerprint density at radius 2 is 1.93 bits per heavy atom. The van der Waals surface area contributed by atoms with Gasteiger partial charge >= 0.3 is 6.09 Å². The van der Waals surface area contributed by atoms with E-state index in [2.05, 4.69) is 40.2 Å². The summed E-state index contributed by atoms with van der Waals surface area (Å²) in [6.07, 6.45) is 6.45. The van der Waals surface area contributed by atoms with E-state index in [1.807, 2.05) is 49.4 Å². The molecule has 1 atom stereocenters. The Morgan fingerprint density at radius 1 is 1.07 bits per heavy atom. The van der Waals surface area contributed by atoms with E-state index in [0.29, 0.717) is 36.9 Å². The van der Waals surface area contributed by atoms with Crippen LogP contribution in [0.4, 0.5) is 4.79 Å². The second-order valence-corrected chi connectivity index (χ2v) is 10.9. The van der Waals surface area contributed by atoms with Gasteiger partial charge in [-0.25, -0.2) is 9.78 Å². The average Bonchev–Trinajstić information content (AvgIpc) is 3.68. The van der Waals surface area contributed by atoms with Crippen LogP contribution in [0.5, 0.6) is 17.2 Å². The Morgan fingerprint density at radius 3 is 2.70 bits per heavy atom. The predicted molar refractivity (Wildman–Crippen MR) is 165 cm³/mol. The maximum Gasteiger partial charge on any atom is 0.416 e. The number of rotatable bonds is 10. The van der Waals surface area contributed by atoms with Crippen LogP contribution in [-0.2, 0) is 19.4 Å². The molecule has 1 amide bonds. The van der Waals surface area contributed by atoms with Crippen molar-refractivity contribution in [2.75, 3.05) is 20.3 Å². The number of amides is 1. The van der Waals surface area contributed by atoms with Gasteiger partial charge in [-0.3, -0.25) is 9.58 Å².